The highest BCUT2D eigenvalue weighted by atomic mass is 16.5. The molecule has 1 aromatic carbocycles. The molecule has 0 heterocycles. The maximum absolute atomic E-state index is 11.8. The van der Waals surface area contributed by atoms with Crippen LogP contribution in [0.5, 0.6) is 5.75 Å². The number of benzene rings is 1. The summed E-state index contributed by atoms with van der Waals surface area (Å²) in [6.07, 6.45) is 0. The predicted octanol–water partition coefficient (Wildman–Crippen LogP) is 0.866. The first kappa shape index (κ1) is 14.5. The maximum Gasteiger partial charge on any atom is 0.238 e. The second-order valence-corrected chi connectivity index (χ2v) is 4.21. The van der Waals surface area contributed by atoms with Crippen molar-refractivity contribution in [3.05, 3.63) is 23.8 Å². The molecule has 0 bridgehead atoms. The van der Waals surface area contributed by atoms with Gasteiger partial charge in [-0.15, -0.1) is 0 Å². The van der Waals surface area contributed by atoms with E-state index in [1.165, 1.54) is 0 Å². The first-order valence-electron chi connectivity index (χ1n) is 5.80. The summed E-state index contributed by atoms with van der Waals surface area (Å²) in [6.45, 7) is 2.69. The third-order valence-electron chi connectivity index (χ3n) is 2.52. The van der Waals surface area contributed by atoms with Crippen LogP contribution in [0.15, 0.2) is 18.2 Å². The van der Waals surface area contributed by atoms with Crippen molar-refractivity contribution in [2.45, 2.75) is 6.92 Å². The number of amides is 1. The molecule has 0 spiro atoms. The van der Waals surface area contributed by atoms with E-state index in [9.17, 15) is 4.79 Å². The van der Waals surface area contributed by atoms with E-state index in [4.69, 9.17) is 9.84 Å². The predicted molar refractivity (Wildman–Crippen MR) is 70.9 cm³/mol. The molecule has 18 heavy (non-hydrogen) atoms. The van der Waals surface area contributed by atoms with Crippen LogP contribution in [-0.4, -0.2) is 49.8 Å². The third-order valence-corrected chi connectivity index (χ3v) is 2.52. The van der Waals surface area contributed by atoms with Gasteiger partial charge in [-0.3, -0.25) is 9.69 Å². The monoisotopic (exact) mass is 252 g/mol. The molecule has 5 nitrogen and oxygen atoms in total. The van der Waals surface area contributed by atoms with E-state index in [-0.39, 0.29) is 19.1 Å². The molecule has 1 rings (SSSR count). The van der Waals surface area contributed by atoms with Crippen molar-refractivity contribution in [1.29, 1.82) is 0 Å². The molecule has 0 aliphatic rings. The molecule has 0 unspecified atom stereocenters. The first-order valence-corrected chi connectivity index (χ1v) is 5.80. The van der Waals surface area contributed by atoms with Crippen LogP contribution in [0.2, 0.25) is 0 Å². The Morgan fingerprint density at radius 2 is 2.22 bits per heavy atom. The van der Waals surface area contributed by atoms with Gasteiger partial charge < -0.3 is 15.2 Å². The van der Waals surface area contributed by atoms with Crippen LogP contribution in [0.1, 0.15) is 5.56 Å². The molecule has 0 aliphatic carbocycles. The van der Waals surface area contributed by atoms with Crippen LogP contribution in [0.25, 0.3) is 0 Å². The minimum atomic E-state index is -0.130. The van der Waals surface area contributed by atoms with Crippen molar-refractivity contribution in [2.24, 2.45) is 0 Å². The standard InChI is InChI=1S/C13H20N2O3/c1-10-4-5-12(18-3)11(8-10)14-13(17)9-15(2)6-7-16/h4-5,8,16H,6-7,9H2,1-3H3,(H,14,17). The maximum atomic E-state index is 11.8. The van der Waals surface area contributed by atoms with Gasteiger partial charge in [-0.05, 0) is 31.7 Å². The van der Waals surface area contributed by atoms with Crippen molar-refractivity contribution < 1.29 is 14.6 Å². The fraction of sp³-hybridized carbons (Fsp3) is 0.462. The summed E-state index contributed by atoms with van der Waals surface area (Å²) in [5, 5.41) is 11.6. The lowest BCUT2D eigenvalue weighted by molar-refractivity contribution is -0.117. The van der Waals surface area contributed by atoms with Crippen molar-refractivity contribution in [2.75, 3.05) is 39.2 Å². The summed E-state index contributed by atoms with van der Waals surface area (Å²) in [6, 6.07) is 5.61. The third kappa shape index (κ3) is 4.35. The number of likely N-dealkylation sites (N-methyl/N-ethyl adjacent to an activating group) is 1. The van der Waals surface area contributed by atoms with Crippen molar-refractivity contribution >= 4 is 11.6 Å². The van der Waals surface area contributed by atoms with Crippen LogP contribution in [-0.2, 0) is 4.79 Å². The van der Waals surface area contributed by atoms with Gasteiger partial charge in [0.25, 0.3) is 0 Å². The Balaban J connectivity index is 2.66. The number of ether oxygens (including phenoxy) is 1. The number of carbonyl (C=O) groups is 1. The average molecular weight is 252 g/mol. The number of hydrogen-bond donors (Lipinski definition) is 2. The summed E-state index contributed by atoms with van der Waals surface area (Å²) in [7, 11) is 3.35. The van der Waals surface area contributed by atoms with Crippen LogP contribution >= 0.6 is 0 Å². The Hall–Kier alpha value is -1.59. The van der Waals surface area contributed by atoms with Crippen molar-refractivity contribution in [1.82, 2.24) is 4.90 Å². The molecular weight excluding hydrogens is 232 g/mol. The highest BCUT2D eigenvalue weighted by Crippen LogP contribution is 2.24. The summed E-state index contributed by atoms with van der Waals surface area (Å²) >= 11 is 0. The van der Waals surface area contributed by atoms with E-state index < -0.39 is 0 Å². The van der Waals surface area contributed by atoms with Gasteiger partial charge in [0.1, 0.15) is 5.75 Å². The smallest absolute Gasteiger partial charge is 0.238 e. The minimum Gasteiger partial charge on any atom is -0.495 e. The van der Waals surface area contributed by atoms with E-state index >= 15 is 0 Å². The number of methoxy groups -OCH3 is 1. The fourth-order valence-corrected chi connectivity index (χ4v) is 1.60. The molecule has 0 saturated heterocycles. The van der Waals surface area contributed by atoms with Gasteiger partial charge in [0, 0.05) is 6.54 Å². The number of rotatable bonds is 6. The highest BCUT2D eigenvalue weighted by molar-refractivity contribution is 5.93. The highest BCUT2D eigenvalue weighted by Gasteiger charge is 2.09. The van der Waals surface area contributed by atoms with E-state index in [1.54, 1.807) is 19.1 Å². The van der Waals surface area contributed by atoms with Gasteiger partial charge in [0.2, 0.25) is 5.91 Å². The summed E-state index contributed by atoms with van der Waals surface area (Å²) < 4.78 is 5.19. The summed E-state index contributed by atoms with van der Waals surface area (Å²) in [5.74, 6) is 0.508. The number of anilines is 1. The lowest BCUT2D eigenvalue weighted by Gasteiger charge is -2.16. The number of aryl methyl sites for hydroxylation is 1. The molecule has 0 aliphatic heterocycles. The van der Waals surface area contributed by atoms with Gasteiger partial charge in [-0.1, -0.05) is 6.07 Å². The van der Waals surface area contributed by atoms with E-state index in [2.05, 4.69) is 5.32 Å². The Bertz CT molecular complexity index is 407. The number of nitrogens with zero attached hydrogens (tertiary/aromatic N) is 1. The van der Waals surface area contributed by atoms with Crippen molar-refractivity contribution in [3.8, 4) is 5.75 Å². The SMILES string of the molecule is COc1ccc(C)cc1NC(=O)CN(C)CCO. The molecule has 1 aromatic rings. The molecule has 5 heteroatoms. The van der Waals surface area contributed by atoms with Crippen LogP contribution in [0, 0.1) is 6.92 Å². The largest absolute Gasteiger partial charge is 0.495 e. The topological polar surface area (TPSA) is 61.8 Å². The number of carbonyl (C=O) groups excluding carboxylic acids is 1. The molecule has 100 valence electrons. The molecule has 1 amide bonds. The number of hydrogen-bond acceptors (Lipinski definition) is 4. The zero-order valence-corrected chi connectivity index (χ0v) is 11.1. The Labute approximate surface area is 107 Å². The fourth-order valence-electron chi connectivity index (χ4n) is 1.60. The first-order chi connectivity index (χ1) is 8.56. The van der Waals surface area contributed by atoms with Crippen LogP contribution in [0.3, 0.4) is 0 Å². The second kappa shape index (κ2) is 6.98. The van der Waals surface area contributed by atoms with Crippen LogP contribution < -0.4 is 10.1 Å². The number of aliphatic hydroxyl groups excluding tert-OH is 1. The molecule has 0 atom stereocenters. The van der Waals surface area contributed by atoms with Crippen LogP contribution in [0.4, 0.5) is 5.69 Å². The summed E-state index contributed by atoms with van der Waals surface area (Å²) in [4.78, 5) is 13.5. The number of nitrogens with one attached hydrogen (secondary N) is 1. The molecule has 0 radical (unpaired) electrons. The zero-order chi connectivity index (χ0) is 13.5. The molecule has 2 N–H and O–H groups in total. The number of aliphatic hydroxyl groups is 1. The lowest BCUT2D eigenvalue weighted by atomic mass is 10.2. The van der Waals surface area contributed by atoms with Gasteiger partial charge in [0.05, 0.1) is 25.9 Å². The van der Waals surface area contributed by atoms with Gasteiger partial charge in [0.15, 0.2) is 0 Å². The molecular formula is C13H20N2O3. The quantitative estimate of drug-likeness (QED) is 0.788. The zero-order valence-electron chi connectivity index (χ0n) is 11.1. The Morgan fingerprint density at radius 3 is 2.83 bits per heavy atom. The lowest BCUT2D eigenvalue weighted by Crippen LogP contribution is -2.32. The van der Waals surface area contributed by atoms with E-state index in [0.29, 0.717) is 18.0 Å². The second-order valence-electron chi connectivity index (χ2n) is 4.21. The van der Waals surface area contributed by atoms with Gasteiger partial charge in [-0.25, -0.2) is 0 Å². The molecule has 0 fully saturated rings. The van der Waals surface area contributed by atoms with Crippen molar-refractivity contribution in [3.63, 3.8) is 0 Å². The van der Waals surface area contributed by atoms with Gasteiger partial charge in [-0.2, -0.15) is 0 Å². The molecule has 0 saturated carbocycles. The normalized spacial score (nSPS) is 10.5. The minimum absolute atomic E-state index is 0.0392. The van der Waals surface area contributed by atoms with E-state index in [1.807, 2.05) is 25.1 Å². The summed E-state index contributed by atoms with van der Waals surface area (Å²) in [5.41, 5.74) is 1.72. The average Bonchev–Trinajstić information content (AvgIpc) is 2.29. The molecule has 0 aromatic heterocycles. The Kier molecular flexibility index (Phi) is 5.61. The van der Waals surface area contributed by atoms with Gasteiger partial charge >= 0.3 is 0 Å². The van der Waals surface area contributed by atoms with E-state index in [0.717, 1.165) is 5.56 Å². The Morgan fingerprint density at radius 1 is 1.50 bits per heavy atom.